The zero-order valence-electron chi connectivity index (χ0n) is 12.0. The van der Waals surface area contributed by atoms with Crippen molar-refractivity contribution in [1.82, 2.24) is 14.5 Å². The Morgan fingerprint density at radius 1 is 1.29 bits per heavy atom. The highest BCUT2D eigenvalue weighted by atomic mass is 32.2. The molecule has 0 aliphatic carbocycles. The molecule has 1 aromatic heterocycles. The topological polar surface area (TPSA) is 84.5 Å². The molecule has 0 unspecified atom stereocenters. The van der Waals surface area contributed by atoms with Gasteiger partial charge < -0.3 is 9.47 Å². The van der Waals surface area contributed by atoms with Gasteiger partial charge in [-0.15, -0.1) is 0 Å². The van der Waals surface area contributed by atoms with Crippen LogP contribution in [0.3, 0.4) is 0 Å². The van der Waals surface area contributed by atoms with Gasteiger partial charge in [0, 0.05) is 31.4 Å². The molecule has 0 fully saturated rings. The first-order chi connectivity index (χ1) is 9.98. The number of aromatic nitrogens is 2. The number of H-pyrrole nitrogens is 1. The molecule has 0 radical (unpaired) electrons. The predicted molar refractivity (Wildman–Crippen MR) is 76.8 cm³/mol. The Morgan fingerprint density at radius 3 is 2.62 bits per heavy atom. The van der Waals surface area contributed by atoms with Gasteiger partial charge in [0.1, 0.15) is 16.4 Å². The number of sulfonamides is 1. The number of benzene rings is 1. The second-order valence-corrected chi connectivity index (χ2v) is 6.40. The normalized spacial score (nSPS) is 11.6. The molecule has 1 heterocycles. The Morgan fingerprint density at radius 2 is 2.05 bits per heavy atom. The number of ether oxygens (including phenoxy) is 2. The van der Waals surface area contributed by atoms with Gasteiger partial charge in [-0.1, -0.05) is 0 Å². The molecule has 0 saturated heterocycles. The van der Waals surface area contributed by atoms with E-state index < -0.39 is 10.0 Å². The molecule has 21 heavy (non-hydrogen) atoms. The van der Waals surface area contributed by atoms with Crippen LogP contribution in [0.25, 0.3) is 0 Å². The van der Waals surface area contributed by atoms with Crippen LogP contribution in [0, 0.1) is 0 Å². The van der Waals surface area contributed by atoms with Gasteiger partial charge in [0.05, 0.1) is 20.4 Å². The quantitative estimate of drug-likeness (QED) is 0.868. The highest BCUT2D eigenvalue weighted by molar-refractivity contribution is 7.89. The molecule has 0 amide bonds. The minimum absolute atomic E-state index is 0.0651. The van der Waals surface area contributed by atoms with E-state index in [2.05, 4.69) is 10.2 Å². The molecule has 1 aromatic carbocycles. The van der Waals surface area contributed by atoms with Gasteiger partial charge >= 0.3 is 0 Å². The monoisotopic (exact) mass is 311 g/mol. The van der Waals surface area contributed by atoms with Gasteiger partial charge in [0.25, 0.3) is 0 Å². The van der Waals surface area contributed by atoms with Crippen molar-refractivity contribution in [3.63, 3.8) is 0 Å². The van der Waals surface area contributed by atoms with E-state index in [4.69, 9.17) is 9.47 Å². The minimum Gasteiger partial charge on any atom is -0.497 e. The van der Waals surface area contributed by atoms with Crippen molar-refractivity contribution in [3.05, 3.63) is 36.2 Å². The van der Waals surface area contributed by atoms with E-state index in [1.807, 2.05) is 0 Å². The number of nitrogens with zero attached hydrogens (tertiary/aromatic N) is 2. The van der Waals surface area contributed by atoms with E-state index in [9.17, 15) is 8.42 Å². The molecule has 7 nitrogen and oxygen atoms in total. The summed E-state index contributed by atoms with van der Waals surface area (Å²) in [5.74, 6) is 0.723. The van der Waals surface area contributed by atoms with Crippen LogP contribution >= 0.6 is 0 Å². The summed E-state index contributed by atoms with van der Waals surface area (Å²) >= 11 is 0. The van der Waals surface area contributed by atoms with E-state index in [0.29, 0.717) is 5.75 Å². The molecule has 2 aromatic rings. The molecular formula is C13H17N3O4S. The SMILES string of the molecule is COc1ccc(OC)c(S(=O)(=O)N(C)Cc2cn[nH]c2)c1. The third-order valence-corrected chi connectivity index (χ3v) is 4.84. The Bertz CT molecular complexity index is 698. The Balaban J connectivity index is 2.38. The van der Waals surface area contributed by atoms with Gasteiger partial charge in [-0.2, -0.15) is 9.40 Å². The minimum atomic E-state index is -3.70. The lowest BCUT2D eigenvalue weighted by Crippen LogP contribution is -2.26. The smallest absolute Gasteiger partial charge is 0.246 e. The molecule has 0 saturated carbocycles. The third-order valence-electron chi connectivity index (χ3n) is 3.02. The van der Waals surface area contributed by atoms with Crippen LogP contribution in [0.4, 0.5) is 0 Å². The predicted octanol–water partition coefficient (Wildman–Crippen LogP) is 1.25. The summed E-state index contributed by atoms with van der Waals surface area (Å²) in [6.45, 7) is 0.208. The molecule has 0 atom stereocenters. The van der Waals surface area contributed by atoms with Crippen LogP contribution in [0.2, 0.25) is 0 Å². The average molecular weight is 311 g/mol. The summed E-state index contributed by atoms with van der Waals surface area (Å²) < 4.78 is 36.8. The van der Waals surface area contributed by atoms with E-state index in [-0.39, 0.29) is 17.2 Å². The van der Waals surface area contributed by atoms with Crippen LogP contribution in [0.1, 0.15) is 5.56 Å². The number of hydrogen-bond donors (Lipinski definition) is 1. The molecule has 1 N–H and O–H groups in total. The number of hydrogen-bond acceptors (Lipinski definition) is 5. The maximum atomic E-state index is 12.7. The van der Waals surface area contributed by atoms with E-state index in [1.54, 1.807) is 24.5 Å². The van der Waals surface area contributed by atoms with Gasteiger partial charge in [-0.05, 0) is 12.1 Å². The van der Waals surface area contributed by atoms with Crippen molar-refractivity contribution in [3.8, 4) is 11.5 Å². The Hall–Kier alpha value is -2.06. The van der Waals surface area contributed by atoms with Crippen molar-refractivity contribution in [2.75, 3.05) is 21.3 Å². The maximum absolute atomic E-state index is 12.7. The molecular weight excluding hydrogens is 294 g/mol. The van der Waals surface area contributed by atoms with Crippen molar-refractivity contribution >= 4 is 10.0 Å². The molecule has 0 spiro atoms. The van der Waals surface area contributed by atoms with Gasteiger partial charge in [-0.25, -0.2) is 8.42 Å². The van der Waals surface area contributed by atoms with Crippen molar-refractivity contribution < 1.29 is 17.9 Å². The Labute approximate surface area is 123 Å². The first kappa shape index (κ1) is 15.3. The fraction of sp³-hybridized carbons (Fsp3) is 0.308. The molecule has 2 rings (SSSR count). The second kappa shape index (κ2) is 6.15. The highest BCUT2D eigenvalue weighted by Crippen LogP contribution is 2.30. The average Bonchev–Trinajstić information content (AvgIpc) is 2.99. The zero-order valence-corrected chi connectivity index (χ0v) is 12.8. The first-order valence-corrected chi connectivity index (χ1v) is 7.59. The van der Waals surface area contributed by atoms with Crippen LogP contribution in [0.15, 0.2) is 35.5 Å². The third kappa shape index (κ3) is 3.17. The highest BCUT2D eigenvalue weighted by Gasteiger charge is 2.25. The summed E-state index contributed by atoms with van der Waals surface area (Å²) in [5, 5.41) is 6.45. The standard InChI is InChI=1S/C13H17N3O4S/c1-16(9-10-7-14-15-8-10)21(17,18)13-6-11(19-2)4-5-12(13)20-3/h4-8H,9H2,1-3H3,(H,14,15). The molecule has 0 aliphatic heterocycles. The molecule has 114 valence electrons. The molecule has 8 heteroatoms. The summed E-state index contributed by atoms with van der Waals surface area (Å²) in [5.41, 5.74) is 0.767. The van der Waals surface area contributed by atoms with Crippen LogP contribution in [-0.2, 0) is 16.6 Å². The molecule has 0 bridgehead atoms. The number of aromatic amines is 1. The number of nitrogens with one attached hydrogen (secondary N) is 1. The van der Waals surface area contributed by atoms with Gasteiger partial charge in [0.2, 0.25) is 10.0 Å². The maximum Gasteiger partial charge on any atom is 0.246 e. The van der Waals surface area contributed by atoms with Crippen molar-refractivity contribution in [2.24, 2.45) is 0 Å². The van der Waals surface area contributed by atoms with E-state index in [0.717, 1.165) is 5.56 Å². The lowest BCUT2D eigenvalue weighted by Gasteiger charge is -2.18. The van der Waals surface area contributed by atoms with E-state index in [1.165, 1.54) is 31.6 Å². The number of methoxy groups -OCH3 is 2. The lowest BCUT2D eigenvalue weighted by atomic mass is 10.3. The first-order valence-electron chi connectivity index (χ1n) is 6.15. The zero-order chi connectivity index (χ0) is 15.5. The molecule has 0 aliphatic rings. The largest absolute Gasteiger partial charge is 0.497 e. The second-order valence-electron chi connectivity index (χ2n) is 4.38. The fourth-order valence-corrected chi connectivity index (χ4v) is 3.19. The summed E-state index contributed by atoms with van der Waals surface area (Å²) in [7, 11) is 0.705. The summed E-state index contributed by atoms with van der Waals surface area (Å²) in [4.78, 5) is 0.0651. The lowest BCUT2D eigenvalue weighted by molar-refractivity contribution is 0.388. The summed E-state index contributed by atoms with van der Waals surface area (Å²) in [6.07, 6.45) is 3.23. The fourth-order valence-electron chi connectivity index (χ4n) is 1.86. The van der Waals surface area contributed by atoms with Gasteiger partial charge in [-0.3, -0.25) is 5.10 Å². The van der Waals surface area contributed by atoms with Crippen LogP contribution in [-0.4, -0.2) is 44.2 Å². The van der Waals surface area contributed by atoms with Gasteiger partial charge in [0.15, 0.2) is 0 Å². The summed E-state index contributed by atoms with van der Waals surface area (Å²) in [6, 6.07) is 4.66. The van der Waals surface area contributed by atoms with Crippen LogP contribution in [0.5, 0.6) is 11.5 Å². The van der Waals surface area contributed by atoms with E-state index >= 15 is 0 Å². The van der Waals surface area contributed by atoms with Crippen molar-refractivity contribution in [2.45, 2.75) is 11.4 Å². The van der Waals surface area contributed by atoms with Crippen LogP contribution < -0.4 is 9.47 Å². The Kier molecular flexibility index (Phi) is 4.49. The number of rotatable bonds is 6. The van der Waals surface area contributed by atoms with Crippen molar-refractivity contribution in [1.29, 1.82) is 0 Å².